The van der Waals surface area contributed by atoms with Gasteiger partial charge in [0, 0.05) is 17.6 Å². The Labute approximate surface area is 100 Å². The molecule has 1 aromatic carbocycles. The first-order valence-corrected chi connectivity index (χ1v) is 6.67. The van der Waals surface area contributed by atoms with Crippen LogP contribution in [0.1, 0.15) is 11.6 Å². The summed E-state index contributed by atoms with van der Waals surface area (Å²) >= 11 is 5.92. The molecule has 0 spiro atoms. The van der Waals surface area contributed by atoms with Crippen molar-refractivity contribution in [1.82, 2.24) is 4.31 Å². The average Bonchev–Trinajstić information content (AvgIpc) is 2.20. The number of rotatable bonds is 3. The van der Waals surface area contributed by atoms with Gasteiger partial charge in [0.2, 0.25) is 10.0 Å². The molecule has 1 atom stereocenters. The highest BCUT2D eigenvalue weighted by Crippen LogP contribution is 2.27. The normalized spacial score (nSPS) is 13.4. The van der Waals surface area contributed by atoms with E-state index in [4.69, 9.17) is 16.9 Å². The van der Waals surface area contributed by atoms with Crippen LogP contribution < -0.4 is 0 Å². The zero-order valence-electron chi connectivity index (χ0n) is 8.88. The number of sulfonamides is 1. The molecule has 0 aromatic heterocycles. The fourth-order valence-corrected chi connectivity index (χ4v) is 2.02. The number of nitrogens with zero attached hydrogens (tertiary/aromatic N) is 2. The van der Waals surface area contributed by atoms with Gasteiger partial charge in [-0.05, 0) is 6.07 Å². The third-order valence-electron chi connectivity index (χ3n) is 2.21. The van der Waals surface area contributed by atoms with Gasteiger partial charge in [-0.15, -0.1) is 0 Å². The van der Waals surface area contributed by atoms with Gasteiger partial charge in [0.25, 0.3) is 0 Å². The van der Waals surface area contributed by atoms with E-state index in [2.05, 4.69) is 0 Å². The second-order valence-electron chi connectivity index (χ2n) is 3.33. The van der Waals surface area contributed by atoms with Crippen molar-refractivity contribution >= 4 is 21.6 Å². The topological polar surface area (TPSA) is 61.2 Å². The Hall–Kier alpha value is -1.09. The maximum atomic E-state index is 11.3. The summed E-state index contributed by atoms with van der Waals surface area (Å²) in [6, 6.07) is 7.72. The lowest BCUT2D eigenvalue weighted by Crippen LogP contribution is -2.29. The van der Waals surface area contributed by atoms with Crippen LogP contribution in [0.2, 0.25) is 5.02 Å². The fraction of sp³-hybridized carbons (Fsp3) is 0.300. The summed E-state index contributed by atoms with van der Waals surface area (Å²) < 4.78 is 23.7. The van der Waals surface area contributed by atoms with Crippen molar-refractivity contribution in [2.24, 2.45) is 0 Å². The zero-order chi connectivity index (χ0) is 12.3. The van der Waals surface area contributed by atoms with E-state index in [-0.39, 0.29) is 0 Å². The standard InChI is InChI=1S/C10H11ClN2O2S/c1-13(16(2,14)15)10(7-12)8-5-3-4-6-9(8)11/h3-6,10H,1-2H3. The number of hydrogen-bond acceptors (Lipinski definition) is 3. The zero-order valence-corrected chi connectivity index (χ0v) is 10.5. The molecular formula is C10H11ClN2O2S. The molecule has 0 aliphatic carbocycles. The summed E-state index contributed by atoms with van der Waals surface area (Å²) in [5, 5.41) is 9.40. The highest BCUT2D eigenvalue weighted by Gasteiger charge is 2.25. The first-order valence-electron chi connectivity index (χ1n) is 4.45. The molecule has 0 heterocycles. The third-order valence-corrected chi connectivity index (χ3v) is 3.81. The van der Waals surface area contributed by atoms with E-state index >= 15 is 0 Å². The number of nitriles is 1. The van der Waals surface area contributed by atoms with E-state index in [0.717, 1.165) is 10.6 Å². The maximum Gasteiger partial charge on any atom is 0.212 e. The molecule has 0 bridgehead atoms. The predicted molar refractivity (Wildman–Crippen MR) is 62.4 cm³/mol. The van der Waals surface area contributed by atoms with Crippen LogP contribution in [-0.4, -0.2) is 26.0 Å². The molecular weight excluding hydrogens is 248 g/mol. The molecule has 0 radical (unpaired) electrons. The first-order chi connectivity index (χ1) is 7.38. The van der Waals surface area contributed by atoms with Crippen LogP contribution in [0.15, 0.2) is 24.3 Å². The quantitative estimate of drug-likeness (QED) is 0.831. The molecule has 6 heteroatoms. The molecule has 1 rings (SSSR count). The van der Waals surface area contributed by atoms with Gasteiger partial charge in [0.1, 0.15) is 6.04 Å². The Kier molecular flexibility index (Phi) is 3.92. The SMILES string of the molecule is CN(C(C#N)c1ccccc1Cl)S(C)(=O)=O. The van der Waals surface area contributed by atoms with Gasteiger partial charge < -0.3 is 0 Å². The molecule has 0 saturated carbocycles. The lowest BCUT2D eigenvalue weighted by molar-refractivity contribution is 0.437. The molecule has 0 fully saturated rings. The Morgan fingerprint density at radius 2 is 2.00 bits per heavy atom. The Balaban J connectivity index is 3.21. The number of hydrogen-bond donors (Lipinski definition) is 0. The van der Waals surface area contributed by atoms with E-state index < -0.39 is 16.1 Å². The van der Waals surface area contributed by atoms with E-state index in [1.807, 2.05) is 6.07 Å². The van der Waals surface area contributed by atoms with E-state index in [9.17, 15) is 8.42 Å². The van der Waals surface area contributed by atoms with Crippen molar-refractivity contribution < 1.29 is 8.42 Å². The summed E-state index contributed by atoms with van der Waals surface area (Å²) in [6.07, 6.45) is 1.05. The van der Waals surface area contributed by atoms with E-state index in [1.165, 1.54) is 7.05 Å². The molecule has 4 nitrogen and oxygen atoms in total. The van der Waals surface area contributed by atoms with Crippen LogP contribution in [0.4, 0.5) is 0 Å². The van der Waals surface area contributed by atoms with Crippen molar-refractivity contribution in [2.75, 3.05) is 13.3 Å². The summed E-state index contributed by atoms with van der Waals surface area (Å²) in [4.78, 5) is 0. The minimum absolute atomic E-state index is 0.379. The molecule has 86 valence electrons. The second-order valence-corrected chi connectivity index (χ2v) is 5.78. The van der Waals surface area contributed by atoms with E-state index in [1.54, 1.807) is 24.3 Å². The number of halogens is 1. The van der Waals surface area contributed by atoms with E-state index in [0.29, 0.717) is 10.6 Å². The lowest BCUT2D eigenvalue weighted by Gasteiger charge is -2.21. The van der Waals surface area contributed by atoms with Crippen LogP contribution in [0.25, 0.3) is 0 Å². The molecule has 0 aliphatic rings. The van der Waals surface area contributed by atoms with Crippen molar-refractivity contribution in [3.05, 3.63) is 34.9 Å². The molecule has 0 N–H and O–H groups in total. The Bertz CT molecular complexity index is 522. The number of benzene rings is 1. The van der Waals surface area contributed by atoms with Gasteiger partial charge in [0.15, 0.2) is 0 Å². The lowest BCUT2D eigenvalue weighted by atomic mass is 10.1. The molecule has 16 heavy (non-hydrogen) atoms. The predicted octanol–water partition coefficient (Wildman–Crippen LogP) is 1.80. The molecule has 1 aromatic rings. The maximum absolute atomic E-state index is 11.3. The van der Waals surface area contributed by atoms with Crippen molar-refractivity contribution in [3.8, 4) is 6.07 Å². The smallest absolute Gasteiger partial charge is 0.212 e. The monoisotopic (exact) mass is 258 g/mol. The Morgan fingerprint density at radius 3 is 2.44 bits per heavy atom. The highest BCUT2D eigenvalue weighted by molar-refractivity contribution is 7.88. The van der Waals surface area contributed by atoms with Crippen LogP contribution in [0.3, 0.4) is 0 Å². The van der Waals surface area contributed by atoms with Gasteiger partial charge in [-0.3, -0.25) is 0 Å². The van der Waals surface area contributed by atoms with Gasteiger partial charge in [-0.25, -0.2) is 8.42 Å². The second kappa shape index (κ2) is 4.83. The van der Waals surface area contributed by atoms with Gasteiger partial charge >= 0.3 is 0 Å². The summed E-state index contributed by atoms with van der Waals surface area (Å²) in [5.74, 6) is 0. The van der Waals surface area contributed by atoms with Crippen LogP contribution in [-0.2, 0) is 10.0 Å². The van der Waals surface area contributed by atoms with Crippen LogP contribution in [0, 0.1) is 11.3 Å². The fourth-order valence-electron chi connectivity index (χ4n) is 1.24. The first kappa shape index (κ1) is 13.0. The minimum Gasteiger partial charge on any atom is -0.212 e. The Morgan fingerprint density at radius 1 is 1.44 bits per heavy atom. The molecule has 1 unspecified atom stereocenters. The highest BCUT2D eigenvalue weighted by atomic mass is 35.5. The average molecular weight is 259 g/mol. The summed E-state index contributed by atoms with van der Waals surface area (Å²) in [5.41, 5.74) is 0.486. The largest absolute Gasteiger partial charge is 0.212 e. The third kappa shape index (κ3) is 2.73. The van der Waals surface area contributed by atoms with Crippen molar-refractivity contribution in [1.29, 1.82) is 5.26 Å². The molecule has 0 aliphatic heterocycles. The molecule has 0 amide bonds. The van der Waals surface area contributed by atoms with Crippen molar-refractivity contribution in [2.45, 2.75) is 6.04 Å². The minimum atomic E-state index is -3.43. The summed E-state index contributed by atoms with van der Waals surface area (Å²) in [7, 11) is -2.07. The van der Waals surface area contributed by atoms with Gasteiger partial charge in [0.05, 0.1) is 12.3 Å². The summed E-state index contributed by atoms with van der Waals surface area (Å²) in [6.45, 7) is 0. The van der Waals surface area contributed by atoms with Crippen molar-refractivity contribution in [3.63, 3.8) is 0 Å². The van der Waals surface area contributed by atoms with Crippen LogP contribution >= 0.6 is 11.6 Å². The van der Waals surface area contributed by atoms with Crippen LogP contribution in [0.5, 0.6) is 0 Å². The molecule has 0 saturated heterocycles. The van der Waals surface area contributed by atoms with Gasteiger partial charge in [-0.1, -0.05) is 29.8 Å². The van der Waals surface area contributed by atoms with Gasteiger partial charge in [-0.2, -0.15) is 9.57 Å².